The van der Waals surface area contributed by atoms with Crippen molar-refractivity contribution in [3.05, 3.63) is 59.1 Å². The first-order valence-electron chi connectivity index (χ1n) is 7.05. The van der Waals surface area contributed by atoms with Gasteiger partial charge in [0.1, 0.15) is 12.4 Å². The molecule has 0 aliphatic heterocycles. The number of benzene rings is 2. The largest absolute Gasteiger partial charge is 0.491 e. The van der Waals surface area contributed by atoms with Gasteiger partial charge < -0.3 is 15.4 Å². The van der Waals surface area contributed by atoms with E-state index in [1.165, 1.54) is 5.56 Å². The Balaban J connectivity index is 1.77. The van der Waals surface area contributed by atoms with Gasteiger partial charge in [-0.05, 0) is 56.4 Å². The fraction of sp³-hybridized carbons (Fsp3) is 0.235. The lowest BCUT2D eigenvalue weighted by Crippen LogP contribution is -2.39. The highest BCUT2D eigenvalue weighted by Gasteiger charge is 2.06. The molecule has 1 atom stereocenters. The summed E-state index contributed by atoms with van der Waals surface area (Å²) in [4.78, 5) is 0. The van der Waals surface area contributed by atoms with Gasteiger partial charge in [-0.1, -0.05) is 35.4 Å². The Kier molecular flexibility index (Phi) is 6.04. The number of rotatable bonds is 5. The Bertz CT molecular complexity index is 631. The van der Waals surface area contributed by atoms with Gasteiger partial charge in [0.05, 0.1) is 6.04 Å². The van der Waals surface area contributed by atoms with E-state index in [1.54, 1.807) is 0 Å². The van der Waals surface area contributed by atoms with Crippen molar-refractivity contribution < 1.29 is 4.74 Å². The minimum atomic E-state index is 0.0838. The molecular weight excluding hydrogens is 316 g/mol. The van der Waals surface area contributed by atoms with Crippen LogP contribution in [0, 0.1) is 6.92 Å². The van der Waals surface area contributed by atoms with Gasteiger partial charge in [0.15, 0.2) is 5.11 Å². The molecule has 116 valence electrons. The van der Waals surface area contributed by atoms with Gasteiger partial charge >= 0.3 is 0 Å². The van der Waals surface area contributed by atoms with Crippen molar-refractivity contribution in [1.82, 2.24) is 5.32 Å². The summed E-state index contributed by atoms with van der Waals surface area (Å²) >= 11 is 11.2. The Hall–Kier alpha value is -1.78. The number of anilines is 1. The maximum atomic E-state index is 5.94. The Morgan fingerprint density at radius 2 is 1.95 bits per heavy atom. The number of halogens is 1. The summed E-state index contributed by atoms with van der Waals surface area (Å²) < 4.78 is 5.72. The van der Waals surface area contributed by atoms with Crippen LogP contribution in [0.1, 0.15) is 12.5 Å². The van der Waals surface area contributed by atoms with E-state index in [2.05, 4.69) is 10.6 Å². The Labute approximate surface area is 141 Å². The average Bonchev–Trinajstić information content (AvgIpc) is 2.46. The third kappa shape index (κ3) is 5.54. The van der Waals surface area contributed by atoms with Crippen molar-refractivity contribution in [2.24, 2.45) is 0 Å². The van der Waals surface area contributed by atoms with Gasteiger partial charge in [-0.2, -0.15) is 0 Å². The summed E-state index contributed by atoms with van der Waals surface area (Å²) in [6.45, 7) is 4.59. The van der Waals surface area contributed by atoms with Gasteiger partial charge in [0.25, 0.3) is 0 Å². The Morgan fingerprint density at radius 3 is 2.64 bits per heavy atom. The zero-order chi connectivity index (χ0) is 15.9. The molecule has 0 bridgehead atoms. The summed E-state index contributed by atoms with van der Waals surface area (Å²) in [5.74, 6) is 0.855. The van der Waals surface area contributed by atoms with Crippen LogP contribution in [-0.4, -0.2) is 17.8 Å². The summed E-state index contributed by atoms with van der Waals surface area (Å²) in [5.41, 5.74) is 2.07. The van der Waals surface area contributed by atoms with Gasteiger partial charge in [0, 0.05) is 10.7 Å². The fourth-order valence-electron chi connectivity index (χ4n) is 1.85. The minimum Gasteiger partial charge on any atom is -0.491 e. The summed E-state index contributed by atoms with van der Waals surface area (Å²) in [5, 5.41) is 7.50. The molecule has 2 aromatic rings. The third-order valence-electron chi connectivity index (χ3n) is 2.98. The van der Waals surface area contributed by atoms with Crippen LogP contribution in [0.2, 0.25) is 5.02 Å². The van der Waals surface area contributed by atoms with Gasteiger partial charge in [0.2, 0.25) is 0 Å². The van der Waals surface area contributed by atoms with E-state index in [0.29, 0.717) is 16.7 Å². The van der Waals surface area contributed by atoms with Gasteiger partial charge in [-0.15, -0.1) is 0 Å². The molecule has 2 rings (SSSR count). The molecule has 5 heteroatoms. The zero-order valence-electron chi connectivity index (χ0n) is 12.6. The monoisotopic (exact) mass is 334 g/mol. The third-order valence-corrected chi connectivity index (χ3v) is 3.44. The van der Waals surface area contributed by atoms with Crippen molar-refractivity contribution in [3.63, 3.8) is 0 Å². The molecule has 0 spiro atoms. The van der Waals surface area contributed by atoms with E-state index >= 15 is 0 Å². The highest BCUT2D eigenvalue weighted by atomic mass is 35.5. The van der Waals surface area contributed by atoms with E-state index < -0.39 is 0 Å². The fourth-order valence-corrected chi connectivity index (χ4v) is 2.36. The van der Waals surface area contributed by atoms with E-state index in [4.69, 9.17) is 28.6 Å². The molecule has 0 unspecified atom stereocenters. The number of aryl methyl sites for hydroxylation is 1. The van der Waals surface area contributed by atoms with Crippen molar-refractivity contribution >= 4 is 34.6 Å². The SMILES string of the molecule is Cc1ccc(OC[C@@H](C)NC(=S)Nc2cccc(Cl)c2)cc1. The number of nitrogens with one attached hydrogen (secondary N) is 2. The number of hydrogen-bond acceptors (Lipinski definition) is 2. The molecule has 0 aromatic heterocycles. The number of ether oxygens (including phenoxy) is 1. The molecular formula is C17H19ClN2OS. The zero-order valence-corrected chi connectivity index (χ0v) is 14.2. The molecule has 0 radical (unpaired) electrons. The van der Waals surface area contributed by atoms with Crippen LogP contribution in [0.15, 0.2) is 48.5 Å². The standard InChI is InChI=1S/C17H19ClN2OS/c1-12-6-8-16(9-7-12)21-11-13(2)19-17(22)20-15-5-3-4-14(18)10-15/h3-10,13H,11H2,1-2H3,(H2,19,20,22)/t13-/m1/s1. The molecule has 0 fully saturated rings. The predicted octanol–water partition coefficient (Wildman–Crippen LogP) is 4.40. The lowest BCUT2D eigenvalue weighted by Gasteiger charge is -2.17. The second-order valence-electron chi connectivity index (χ2n) is 5.13. The summed E-state index contributed by atoms with van der Waals surface area (Å²) in [6, 6.07) is 15.5. The highest BCUT2D eigenvalue weighted by Crippen LogP contribution is 2.15. The van der Waals surface area contributed by atoms with E-state index in [9.17, 15) is 0 Å². The molecule has 0 saturated heterocycles. The second kappa shape index (κ2) is 8.01. The van der Waals surface area contributed by atoms with Crippen LogP contribution in [0.4, 0.5) is 5.69 Å². The van der Waals surface area contributed by atoms with Crippen LogP contribution in [0.3, 0.4) is 0 Å². The topological polar surface area (TPSA) is 33.3 Å². The number of thiocarbonyl (C=S) groups is 1. The molecule has 0 heterocycles. The molecule has 2 aromatic carbocycles. The van der Waals surface area contributed by atoms with Crippen molar-refractivity contribution in [3.8, 4) is 5.75 Å². The first kappa shape index (κ1) is 16.6. The quantitative estimate of drug-likeness (QED) is 0.794. The van der Waals surface area contributed by atoms with E-state index in [0.717, 1.165) is 11.4 Å². The molecule has 0 aliphatic carbocycles. The van der Waals surface area contributed by atoms with Crippen LogP contribution in [0.5, 0.6) is 5.75 Å². The van der Waals surface area contributed by atoms with Crippen molar-refractivity contribution in [2.75, 3.05) is 11.9 Å². The van der Waals surface area contributed by atoms with Gasteiger partial charge in [-0.3, -0.25) is 0 Å². The second-order valence-corrected chi connectivity index (χ2v) is 5.98. The van der Waals surface area contributed by atoms with Crippen LogP contribution < -0.4 is 15.4 Å². The molecule has 2 N–H and O–H groups in total. The first-order valence-corrected chi connectivity index (χ1v) is 7.84. The predicted molar refractivity (Wildman–Crippen MR) is 96.9 cm³/mol. The maximum Gasteiger partial charge on any atom is 0.171 e. The van der Waals surface area contributed by atoms with Crippen LogP contribution in [0.25, 0.3) is 0 Å². The normalized spacial score (nSPS) is 11.6. The van der Waals surface area contributed by atoms with Crippen molar-refractivity contribution in [1.29, 1.82) is 0 Å². The van der Waals surface area contributed by atoms with Crippen LogP contribution >= 0.6 is 23.8 Å². The molecule has 3 nitrogen and oxygen atoms in total. The highest BCUT2D eigenvalue weighted by molar-refractivity contribution is 7.80. The van der Waals surface area contributed by atoms with E-state index in [-0.39, 0.29) is 6.04 Å². The lowest BCUT2D eigenvalue weighted by atomic mass is 10.2. The lowest BCUT2D eigenvalue weighted by molar-refractivity contribution is 0.287. The maximum absolute atomic E-state index is 5.94. The summed E-state index contributed by atoms with van der Waals surface area (Å²) in [7, 11) is 0. The molecule has 22 heavy (non-hydrogen) atoms. The Morgan fingerprint density at radius 1 is 1.23 bits per heavy atom. The molecule has 0 aliphatic rings. The number of hydrogen-bond donors (Lipinski definition) is 2. The molecule has 0 saturated carbocycles. The van der Waals surface area contributed by atoms with Crippen molar-refractivity contribution in [2.45, 2.75) is 19.9 Å². The van der Waals surface area contributed by atoms with E-state index in [1.807, 2.05) is 62.4 Å². The smallest absolute Gasteiger partial charge is 0.171 e. The average molecular weight is 335 g/mol. The van der Waals surface area contributed by atoms with Gasteiger partial charge in [-0.25, -0.2) is 0 Å². The summed E-state index contributed by atoms with van der Waals surface area (Å²) in [6.07, 6.45) is 0. The first-order chi connectivity index (χ1) is 10.5. The minimum absolute atomic E-state index is 0.0838. The molecule has 0 amide bonds. The van der Waals surface area contributed by atoms with Crippen LogP contribution in [-0.2, 0) is 0 Å².